The Kier molecular flexibility index (Phi) is 3.25. The van der Waals surface area contributed by atoms with Gasteiger partial charge in [-0.1, -0.05) is 0 Å². The number of aromatic carboxylic acids is 1. The average molecular weight is 289 g/mol. The Morgan fingerprint density at radius 2 is 2.19 bits per heavy atom. The van der Waals surface area contributed by atoms with Gasteiger partial charge in [0.2, 0.25) is 5.91 Å². The molecule has 1 fully saturated rings. The summed E-state index contributed by atoms with van der Waals surface area (Å²) in [5.41, 5.74) is 1.04. The molecule has 1 unspecified atom stereocenters. The summed E-state index contributed by atoms with van der Waals surface area (Å²) in [5, 5.41) is 14.7. The Morgan fingerprint density at radius 1 is 1.43 bits per heavy atom. The first-order valence-electron chi connectivity index (χ1n) is 6.74. The number of aromatic nitrogens is 1. The van der Waals surface area contributed by atoms with Crippen molar-refractivity contribution < 1.29 is 19.1 Å². The number of hydrogen-bond acceptors (Lipinski definition) is 5. The summed E-state index contributed by atoms with van der Waals surface area (Å²) < 4.78 is 5.43. The summed E-state index contributed by atoms with van der Waals surface area (Å²) in [6, 6.07) is 4.46. The topological polar surface area (TPSA) is 104 Å². The minimum Gasteiger partial charge on any atom is -0.478 e. The van der Waals surface area contributed by atoms with Gasteiger partial charge in [0, 0.05) is 6.04 Å². The number of benzene rings is 1. The zero-order valence-corrected chi connectivity index (χ0v) is 11.4. The third-order valence-electron chi connectivity index (χ3n) is 3.29. The van der Waals surface area contributed by atoms with Crippen molar-refractivity contribution in [2.75, 3.05) is 5.32 Å². The maximum absolute atomic E-state index is 11.8. The number of hydrogen-bond donors (Lipinski definition) is 3. The lowest BCUT2D eigenvalue weighted by Crippen LogP contribution is -2.38. The van der Waals surface area contributed by atoms with Gasteiger partial charge in [0.25, 0.3) is 6.01 Å². The van der Waals surface area contributed by atoms with Crippen LogP contribution < -0.4 is 10.6 Å². The molecule has 1 aromatic carbocycles. The number of anilines is 1. The van der Waals surface area contributed by atoms with Crippen molar-refractivity contribution >= 4 is 29.0 Å². The van der Waals surface area contributed by atoms with Crippen LogP contribution >= 0.6 is 0 Å². The fraction of sp³-hybridized carbons (Fsp3) is 0.357. The number of carbonyl (C=O) groups is 2. The Labute approximate surface area is 120 Å². The molecule has 0 bridgehead atoms. The molecule has 1 heterocycles. The quantitative estimate of drug-likeness (QED) is 0.772. The smallest absolute Gasteiger partial charge is 0.335 e. The number of fused-ring (bicyclic) bond motifs is 1. The monoisotopic (exact) mass is 289 g/mol. The van der Waals surface area contributed by atoms with Crippen LogP contribution in [0.3, 0.4) is 0 Å². The van der Waals surface area contributed by atoms with Crippen molar-refractivity contribution in [1.29, 1.82) is 0 Å². The van der Waals surface area contributed by atoms with Crippen molar-refractivity contribution in [3.8, 4) is 0 Å². The second-order valence-electron chi connectivity index (χ2n) is 5.16. The van der Waals surface area contributed by atoms with Crippen molar-refractivity contribution in [3.05, 3.63) is 23.8 Å². The van der Waals surface area contributed by atoms with Gasteiger partial charge in [-0.05, 0) is 38.0 Å². The van der Waals surface area contributed by atoms with Crippen LogP contribution in [0.1, 0.15) is 30.1 Å². The molecule has 1 saturated carbocycles. The van der Waals surface area contributed by atoms with Crippen LogP contribution in [0, 0.1) is 0 Å². The Balaban J connectivity index is 1.74. The molecule has 21 heavy (non-hydrogen) atoms. The van der Waals surface area contributed by atoms with Crippen LogP contribution in [0.25, 0.3) is 11.1 Å². The van der Waals surface area contributed by atoms with E-state index in [-0.39, 0.29) is 17.5 Å². The number of oxazole rings is 1. The average Bonchev–Trinajstić information content (AvgIpc) is 3.15. The highest BCUT2D eigenvalue weighted by Crippen LogP contribution is 2.21. The molecule has 0 aliphatic heterocycles. The maximum Gasteiger partial charge on any atom is 0.335 e. The first-order chi connectivity index (χ1) is 10.0. The fourth-order valence-electron chi connectivity index (χ4n) is 1.92. The maximum atomic E-state index is 11.8. The molecule has 3 N–H and O–H groups in total. The van der Waals surface area contributed by atoms with E-state index >= 15 is 0 Å². The summed E-state index contributed by atoms with van der Waals surface area (Å²) in [6.45, 7) is 1.72. The second kappa shape index (κ2) is 5.08. The molecule has 0 radical (unpaired) electrons. The van der Waals surface area contributed by atoms with Gasteiger partial charge in [-0.2, -0.15) is 4.98 Å². The van der Waals surface area contributed by atoms with Crippen LogP contribution in [-0.2, 0) is 4.79 Å². The van der Waals surface area contributed by atoms with Gasteiger partial charge in [-0.25, -0.2) is 4.79 Å². The summed E-state index contributed by atoms with van der Waals surface area (Å²) in [5.74, 6) is -1.13. The molecule has 110 valence electrons. The first-order valence-corrected chi connectivity index (χ1v) is 6.74. The Hall–Kier alpha value is -2.57. The van der Waals surface area contributed by atoms with E-state index in [0.29, 0.717) is 17.1 Å². The second-order valence-corrected chi connectivity index (χ2v) is 5.16. The molecule has 1 aliphatic rings. The highest BCUT2D eigenvalue weighted by molar-refractivity contribution is 5.92. The predicted octanol–water partition coefficient (Wildman–Crippen LogP) is 1.60. The molecule has 7 nitrogen and oxygen atoms in total. The number of nitrogens with zero attached hydrogens (tertiary/aromatic N) is 1. The molecular formula is C14H15N3O4. The number of rotatable bonds is 5. The molecular weight excluding hydrogens is 274 g/mol. The van der Waals surface area contributed by atoms with Gasteiger partial charge in [-0.3, -0.25) is 4.79 Å². The highest BCUT2D eigenvalue weighted by Gasteiger charge is 2.26. The van der Waals surface area contributed by atoms with E-state index in [4.69, 9.17) is 9.52 Å². The molecule has 1 atom stereocenters. The minimum atomic E-state index is -1.03. The van der Waals surface area contributed by atoms with Crippen molar-refractivity contribution in [2.45, 2.75) is 31.8 Å². The standard InChI is InChI=1S/C14H15N3O4/c1-7(12(18)16-9-3-4-9)15-14-17-10-5-2-8(13(19)20)6-11(10)21-14/h2,5-7,9H,3-4H2,1H3,(H,15,17)(H,16,18)(H,19,20). The van der Waals surface area contributed by atoms with Gasteiger partial charge >= 0.3 is 5.97 Å². The molecule has 0 spiro atoms. The van der Waals surface area contributed by atoms with Crippen LogP contribution in [0.4, 0.5) is 6.01 Å². The zero-order valence-electron chi connectivity index (χ0n) is 11.4. The number of carbonyl (C=O) groups excluding carboxylic acids is 1. The van der Waals surface area contributed by atoms with Crippen LogP contribution in [0.2, 0.25) is 0 Å². The van der Waals surface area contributed by atoms with Gasteiger partial charge in [-0.15, -0.1) is 0 Å². The highest BCUT2D eigenvalue weighted by atomic mass is 16.4. The SMILES string of the molecule is CC(Nc1nc2ccc(C(=O)O)cc2o1)C(=O)NC1CC1. The van der Waals surface area contributed by atoms with Crippen molar-refractivity contribution in [2.24, 2.45) is 0 Å². The van der Waals surface area contributed by atoms with E-state index in [1.165, 1.54) is 12.1 Å². The van der Waals surface area contributed by atoms with Crippen molar-refractivity contribution in [3.63, 3.8) is 0 Å². The molecule has 1 aliphatic carbocycles. The molecule has 1 amide bonds. The molecule has 2 aromatic rings. The van der Waals surface area contributed by atoms with E-state index < -0.39 is 12.0 Å². The summed E-state index contributed by atoms with van der Waals surface area (Å²) in [6.07, 6.45) is 2.05. The zero-order chi connectivity index (χ0) is 15.0. The lowest BCUT2D eigenvalue weighted by molar-refractivity contribution is -0.121. The van der Waals surface area contributed by atoms with Crippen LogP contribution in [-0.4, -0.2) is 34.1 Å². The number of amides is 1. The summed E-state index contributed by atoms with van der Waals surface area (Å²) >= 11 is 0. The lowest BCUT2D eigenvalue weighted by Gasteiger charge is -2.11. The van der Waals surface area contributed by atoms with E-state index in [9.17, 15) is 9.59 Å². The molecule has 1 aromatic heterocycles. The van der Waals surface area contributed by atoms with Gasteiger partial charge in [0.15, 0.2) is 5.58 Å². The van der Waals surface area contributed by atoms with Crippen molar-refractivity contribution in [1.82, 2.24) is 10.3 Å². The lowest BCUT2D eigenvalue weighted by atomic mass is 10.2. The Bertz CT molecular complexity index is 705. The van der Waals surface area contributed by atoms with Gasteiger partial charge in [0.05, 0.1) is 5.56 Å². The third-order valence-corrected chi connectivity index (χ3v) is 3.29. The predicted molar refractivity (Wildman–Crippen MR) is 75.2 cm³/mol. The molecule has 0 saturated heterocycles. The number of carboxylic acid groups (broad SMARTS) is 1. The van der Waals surface area contributed by atoms with E-state index in [0.717, 1.165) is 12.8 Å². The minimum absolute atomic E-state index is 0.106. The van der Waals surface area contributed by atoms with Crippen LogP contribution in [0.5, 0.6) is 0 Å². The van der Waals surface area contributed by atoms with Gasteiger partial charge in [0.1, 0.15) is 11.6 Å². The molecule has 7 heteroatoms. The van der Waals surface area contributed by atoms with Gasteiger partial charge < -0.3 is 20.2 Å². The number of carboxylic acids is 1. The van der Waals surface area contributed by atoms with Crippen LogP contribution in [0.15, 0.2) is 22.6 Å². The summed E-state index contributed by atoms with van der Waals surface area (Å²) in [7, 11) is 0. The molecule has 3 rings (SSSR count). The first kappa shape index (κ1) is 13.4. The normalized spacial score (nSPS) is 15.7. The number of nitrogens with one attached hydrogen (secondary N) is 2. The fourth-order valence-corrected chi connectivity index (χ4v) is 1.92. The summed E-state index contributed by atoms with van der Waals surface area (Å²) in [4.78, 5) is 26.9. The Morgan fingerprint density at radius 3 is 2.86 bits per heavy atom. The van der Waals surface area contributed by atoms with E-state index in [1.54, 1.807) is 13.0 Å². The third kappa shape index (κ3) is 2.96. The largest absolute Gasteiger partial charge is 0.478 e. The van der Waals surface area contributed by atoms with E-state index in [2.05, 4.69) is 15.6 Å². The van der Waals surface area contributed by atoms with E-state index in [1.807, 2.05) is 0 Å².